The Hall–Kier alpha value is -1.40. The van der Waals surface area contributed by atoms with Crippen LogP contribution in [0.15, 0.2) is 6.07 Å². The molecule has 0 atom stereocenters. The van der Waals surface area contributed by atoms with Gasteiger partial charge in [-0.3, -0.25) is 0 Å². The molecule has 0 aliphatic carbocycles. The van der Waals surface area contributed by atoms with Crippen LogP contribution in [0.4, 0.5) is 11.6 Å². The average molecular weight is 294 g/mol. The van der Waals surface area contributed by atoms with Crippen LogP contribution in [0.2, 0.25) is 0 Å². The van der Waals surface area contributed by atoms with E-state index in [2.05, 4.69) is 42.6 Å². The van der Waals surface area contributed by atoms with E-state index in [-0.39, 0.29) is 11.2 Å². The van der Waals surface area contributed by atoms with Gasteiger partial charge in [-0.1, -0.05) is 0 Å². The van der Waals surface area contributed by atoms with Gasteiger partial charge in [0.2, 0.25) is 0 Å². The summed E-state index contributed by atoms with van der Waals surface area (Å²) in [6.07, 6.45) is 0. The van der Waals surface area contributed by atoms with Gasteiger partial charge in [-0.25, -0.2) is 9.97 Å². The summed E-state index contributed by atoms with van der Waals surface area (Å²) >= 11 is 0. The first-order valence-electron chi connectivity index (χ1n) is 7.37. The van der Waals surface area contributed by atoms with Crippen LogP contribution in [0.25, 0.3) is 0 Å². The predicted octanol–water partition coefficient (Wildman–Crippen LogP) is 1.99. The molecule has 0 saturated carbocycles. The highest BCUT2D eigenvalue weighted by atomic mass is 16.5. The van der Waals surface area contributed by atoms with E-state index in [0.717, 1.165) is 18.9 Å². The molecule has 1 aromatic heterocycles. The van der Waals surface area contributed by atoms with Crippen molar-refractivity contribution in [2.24, 2.45) is 0 Å². The molecular formula is C15H26N4O2. The summed E-state index contributed by atoms with van der Waals surface area (Å²) in [6, 6.07) is 1.81. The van der Waals surface area contributed by atoms with E-state index in [4.69, 9.17) is 15.2 Å². The molecule has 6 nitrogen and oxygen atoms in total. The fourth-order valence-electron chi connectivity index (χ4n) is 2.87. The minimum Gasteiger partial charge on any atom is -0.384 e. The molecule has 6 heteroatoms. The summed E-state index contributed by atoms with van der Waals surface area (Å²) in [7, 11) is 0. The van der Waals surface area contributed by atoms with Gasteiger partial charge < -0.3 is 20.1 Å². The van der Waals surface area contributed by atoms with Gasteiger partial charge in [0.25, 0.3) is 0 Å². The molecule has 0 spiro atoms. The quantitative estimate of drug-likeness (QED) is 0.915. The van der Waals surface area contributed by atoms with Crippen LogP contribution in [0, 0.1) is 0 Å². The number of anilines is 2. The smallest absolute Gasteiger partial charge is 0.158 e. The summed E-state index contributed by atoms with van der Waals surface area (Å²) < 4.78 is 11.5. The Balaban J connectivity index is 2.26. The van der Waals surface area contributed by atoms with Crippen molar-refractivity contribution in [3.8, 4) is 0 Å². The van der Waals surface area contributed by atoms with Gasteiger partial charge in [0, 0.05) is 25.8 Å². The van der Waals surface area contributed by atoms with Crippen molar-refractivity contribution in [3.63, 3.8) is 0 Å². The standard InChI is InChI=1S/C15H26N4O2/c1-6-20-8-12-17-11(16)7-13(18-12)19-9-14(2,3)21-15(4,5)10-19/h7H,6,8-10H2,1-5H3,(H2,16,17,18). The Morgan fingerprint density at radius 3 is 2.43 bits per heavy atom. The van der Waals surface area contributed by atoms with Crippen molar-refractivity contribution in [1.29, 1.82) is 0 Å². The van der Waals surface area contributed by atoms with Crippen LogP contribution in [-0.2, 0) is 16.1 Å². The first-order chi connectivity index (χ1) is 9.71. The van der Waals surface area contributed by atoms with Gasteiger partial charge in [0.05, 0.1) is 11.2 Å². The third-order valence-electron chi connectivity index (χ3n) is 3.23. The fraction of sp³-hybridized carbons (Fsp3) is 0.733. The molecule has 118 valence electrons. The summed E-state index contributed by atoms with van der Waals surface area (Å²) in [5, 5.41) is 0. The summed E-state index contributed by atoms with van der Waals surface area (Å²) in [5.74, 6) is 1.92. The minimum absolute atomic E-state index is 0.235. The Bertz CT molecular complexity index is 486. The molecule has 1 fully saturated rings. The van der Waals surface area contributed by atoms with E-state index in [1.165, 1.54) is 0 Å². The van der Waals surface area contributed by atoms with E-state index in [9.17, 15) is 0 Å². The SMILES string of the molecule is CCOCc1nc(N)cc(N2CC(C)(C)OC(C)(C)C2)n1. The van der Waals surface area contributed by atoms with Gasteiger partial charge >= 0.3 is 0 Å². The lowest BCUT2D eigenvalue weighted by Crippen LogP contribution is -2.57. The second kappa shape index (κ2) is 5.77. The highest BCUT2D eigenvalue weighted by Crippen LogP contribution is 2.31. The lowest BCUT2D eigenvalue weighted by Gasteiger charge is -2.47. The Kier molecular flexibility index (Phi) is 4.39. The third kappa shape index (κ3) is 4.28. The summed E-state index contributed by atoms with van der Waals surface area (Å²) in [4.78, 5) is 11.0. The second-order valence-electron chi connectivity index (χ2n) is 6.68. The van der Waals surface area contributed by atoms with Crippen LogP contribution in [-0.4, -0.2) is 40.9 Å². The lowest BCUT2D eigenvalue weighted by molar-refractivity contribution is -0.133. The first kappa shape index (κ1) is 16.0. The molecule has 21 heavy (non-hydrogen) atoms. The molecule has 0 unspecified atom stereocenters. The number of nitrogens with two attached hydrogens (primary N) is 1. The summed E-state index contributed by atoms with van der Waals surface area (Å²) in [6.45, 7) is 12.8. The zero-order valence-electron chi connectivity index (χ0n) is 13.6. The zero-order valence-corrected chi connectivity index (χ0v) is 13.6. The van der Waals surface area contributed by atoms with Gasteiger partial charge in [0.1, 0.15) is 18.2 Å². The molecular weight excluding hydrogens is 268 g/mol. The van der Waals surface area contributed by atoms with Crippen LogP contribution in [0.5, 0.6) is 0 Å². The topological polar surface area (TPSA) is 73.5 Å². The molecule has 1 aliphatic heterocycles. The Labute approximate surface area is 126 Å². The largest absolute Gasteiger partial charge is 0.384 e. The molecule has 0 radical (unpaired) electrons. The average Bonchev–Trinajstić information content (AvgIpc) is 2.32. The van der Waals surface area contributed by atoms with Crippen molar-refractivity contribution in [2.45, 2.75) is 52.4 Å². The van der Waals surface area contributed by atoms with Crippen molar-refractivity contribution in [3.05, 3.63) is 11.9 Å². The normalized spacial score (nSPS) is 20.5. The van der Waals surface area contributed by atoms with Gasteiger partial charge in [-0.15, -0.1) is 0 Å². The van der Waals surface area contributed by atoms with Gasteiger partial charge in [-0.2, -0.15) is 0 Å². The van der Waals surface area contributed by atoms with Crippen molar-refractivity contribution in [1.82, 2.24) is 9.97 Å². The number of morpholine rings is 1. The molecule has 2 N–H and O–H groups in total. The molecule has 2 rings (SSSR count). The number of nitrogen functional groups attached to an aromatic ring is 1. The summed E-state index contributed by atoms with van der Waals surface area (Å²) in [5.41, 5.74) is 5.44. The Morgan fingerprint density at radius 1 is 1.24 bits per heavy atom. The van der Waals surface area contributed by atoms with Crippen molar-refractivity contribution < 1.29 is 9.47 Å². The highest BCUT2D eigenvalue weighted by Gasteiger charge is 2.38. The minimum atomic E-state index is -0.235. The molecule has 1 saturated heterocycles. The van der Waals surface area contributed by atoms with Gasteiger partial charge in [0.15, 0.2) is 5.82 Å². The maximum absolute atomic E-state index is 6.10. The predicted molar refractivity (Wildman–Crippen MR) is 83.2 cm³/mol. The molecule has 1 aromatic rings. The maximum Gasteiger partial charge on any atom is 0.158 e. The van der Waals surface area contributed by atoms with E-state index < -0.39 is 0 Å². The third-order valence-corrected chi connectivity index (χ3v) is 3.23. The maximum atomic E-state index is 6.10. The van der Waals surface area contributed by atoms with Crippen LogP contribution >= 0.6 is 0 Å². The van der Waals surface area contributed by atoms with Crippen LogP contribution in [0.1, 0.15) is 40.4 Å². The molecule has 0 amide bonds. The van der Waals surface area contributed by atoms with E-state index >= 15 is 0 Å². The number of hydrogen-bond donors (Lipinski definition) is 1. The van der Waals surface area contributed by atoms with Crippen LogP contribution < -0.4 is 10.6 Å². The Morgan fingerprint density at radius 2 is 1.86 bits per heavy atom. The molecule has 0 bridgehead atoms. The number of hydrogen-bond acceptors (Lipinski definition) is 6. The van der Waals surface area contributed by atoms with E-state index in [1.807, 2.05) is 13.0 Å². The monoisotopic (exact) mass is 294 g/mol. The zero-order chi connectivity index (χ0) is 15.7. The van der Waals surface area contributed by atoms with Crippen molar-refractivity contribution >= 4 is 11.6 Å². The second-order valence-corrected chi connectivity index (χ2v) is 6.68. The fourth-order valence-corrected chi connectivity index (χ4v) is 2.87. The molecule has 1 aliphatic rings. The number of aromatic nitrogens is 2. The van der Waals surface area contributed by atoms with Gasteiger partial charge in [-0.05, 0) is 34.6 Å². The number of rotatable bonds is 4. The van der Waals surface area contributed by atoms with Crippen molar-refractivity contribution in [2.75, 3.05) is 30.3 Å². The lowest BCUT2D eigenvalue weighted by atomic mass is 9.99. The molecule has 0 aromatic carbocycles. The first-order valence-corrected chi connectivity index (χ1v) is 7.37. The number of nitrogens with zero attached hydrogens (tertiary/aromatic N) is 3. The van der Waals surface area contributed by atoms with E-state index in [1.54, 1.807) is 0 Å². The highest BCUT2D eigenvalue weighted by molar-refractivity contribution is 5.48. The molecule has 2 heterocycles. The van der Waals surface area contributed by atoms with E-state index in [0.29, 0.717) is 24.9 Å². The van der Waals surface area contributed by atoms with Crippen LogP contribution in [0.3, 0.4) is 0 Å². The number of ether oxygens (including phenoxy) is 2.